The lowest BCUT2D eigenvalue weighted by Crippen LogP contribution is -2.12. The van der Waals surface area contributed by atoms with Crippen LogP contribution in [0.15, 0.2) is 0 Å². The molecule has 0 heterocycles. The van der Waals surface area contributed by atoms with E-state index in [9.17, 15) is 19.2 Å². The summed E-state index contributed by atoms with van der Waals surface area (Å²) in [5, 5.41) is 31.2. The van der Waals surface area contributed by atoms with Crippen molar-refractivity contribution in [1.82, 2.24) is 0 Å². The maximum Gasteiger partial charge on any atom is 0.303 e. The van der Waals surface area contributed by atoms with Crippen molar-refractivity contribution >= 4 is 23.8 Å². The molecule has 10 nitrogen and oxygen atoms in total. The van der Waals surface area contributed by atoms with Gasteiger partial charge in [0, 0.05) is 12.8 Å². The van der Waals surface area contributed by atoms with Gasteiger partial charge >= 0.3 is 11.9 Å². The van der Waals surface area contributed by atoms with E-state index in [0.717, 1.165) is 0 Å². The molecule has 118 valence electrons. The summed E-state index contributed by atoms with van der Waals surface area (Å²) in [6, 6.07) is 0. The van der Waals surface area contributed by atoms with E-state index in [1.807, 2.05) is 0 Å². The van der Waals surface area contributed by atoms with E-state index in [1.54, 1.807) is 0 Å². The molecule has 10 heteroatoms. The van der Waals surface area contributed by atoms with Crippen LogP contribution in [0.3, 0.4) is 0 Å². The van der Waals surface area contributed by atoms with Crippen LogP contribution in [0.1, 0.15) is 25.7 Å². The molecule has 0 saturated heterocycles. The molecule has 0 spiro atoms. The number of carbonyl (C=O) groups excluding carboxylic acids is 2. The molecule has 0 aromatic heterocycles. The number of primary amides is 2. The Balaban J connectivity index is -0.000000230. The molecule has 8 N–H and O–H groups in total. The number of aliphatic hydroxyl groups is 2. The molecule has 0 radical (unpaired) electrons. The molecule has 0 bridgehead atoms. The van der Waals surface area contributed by atoms with E-state index in [2.05, 4.69) is 11.5 Å². The molecule has 2 amide bonds. The standard InChI is InChI=1S/2C4H7NO3.C2H6O2/c2*5-3(6)1-2-4(7)8;3-1-2-4/h2*1-2H2,(H2,5,6)(H,7,8);3-4H,1-2H2. The topological polar surface area (TPSA) is 201 Å². The summed E-state index contributed by atoms with van der Waals surface area (Å²) >= 11 is 0. The van der Waals surface area contributed by atoms with E-state index in [-0.39, 0.29) is 38.9 Å². The predicted molar refractivity (Wildman–Crippen MR) is 66.3 cm³/mol. The summed E-state index contributed by atoms with van der Waals surface area (Å²) in [6.45, 7) is -0.250. The van der Waals surface area contributed by atoms with Gasteiger partial charge in [-0.05, 0) is 0 Å². The van der Waals surface area contributed by atoms with E-state index >= 15 is 0 Å². The zero-order valence-electron chi connectivity index (χ0n) is 10.8. The maximum atomic E-state index is 9.86. The van der Waals surface area contributed by atoms with Crippen LogP contribution in [0.2, 0.25) is 0 Å². The fraction of sp³-hybridized carbons (Fsp3) is 0.600. The Morgan fingerprint density at radius 1 is 0.650 bits per heavy atom. The highest BCUT2D eigenvalue weighted by Crippen LogP contribution is 1.84. The number of aliphatic hydroxyl groups excluding tert-OH is 2. The summed E-state index contributed by atoms with van der Waals surface area (Å²) in [5.41, 5.74) is 9.28. The molecule has 0 rings (SSSR count). The molecule has 0 unspecified atom stereocenters. The highest BCUT2D eigenvalue weighted by Gasteiger charge is 1.99. The molecule has 0 aromatic rings. The van der Waals surface area contributed by atoms with Gasteiger partial charge in [0.1, 0.15) is 0 Å². The zero-order valence-corrected chi connectivity index (χ0v) is 10.8. The first-order valence-electron chi connectivity index (χ1n) is 5.39. The van der Waals surface area contributed by atoms with Crippen molar-refractivity contribution in [1.29, 1.82) is 0 Å². The van der Waals surface area contributed by atoms with Crippen LogP contribution in [0.4, 0.5) is 0 Å². The van der Waals surface area contributed by atoms with Gasteiger partial charge in [-0.1, -0.05) is 0 Å². The Morgan fingerprint density at radius 3 is 0.950 bits per heavy atom. The van der Waals surface area contributed by atoms with E-state index < -0.39 is 23.8 Å². The minimum absolute atomic E-state index is 0.0741. The molecule has 0 atom stereocenters. The quantitative estimate of drug-likeness (QED) is 0.299. The number of hydrogen-bond donors (Lipinski definition) is 6. The molecule has 0 aliphatic carbocycles. The summed E-state index contributed by atoms with van der Waals surface area (Å²) < 4.78 is 0. The number of rotatable bonds is 7. The lowest BCUT2D eigenvalue weighted by Gasteiger charge is -1.86. The molecular weight excluding hydrogens is 276 g/mol. The Kier molecular flexibility index (Phi) is 19.3. The lowest BCUT2D eigenvalue weighted by molar-refractivity contribution is -0.139. The van der Waals surface area contributed by atoms with Crippen molar-refractivity contribution in [3.8, 4) is 0 Å². The third-order valence-corrected chi connectivity index (χ3v) is 1.27. The largest absolute Gasteiger partial charge is 0.481 e. The van der Waals surface area contributed by atoms with Gasteiger partial charge in [-0.2, -0.15) is 0 Å². The molecule has 0 fully saturated rings. The van der Waals surface area contributed by atoms with E-state index in [1.165, 1.54) is 0 Å². The highest BCUT2D eigenvalue weighted by atomic mass is 16.4. The Labute approximate surface area is 115 Å². The average molecular weight is 296 g/mol. The second-order valence-corrected chi connectivity index (χ2v) is 3.17. The number of hydrogen-bond acceptors (Lipinski definition) is 6. The number of aliphatic carboxylic acids is 2. The summed E-state index contributed by atoms with van der Waals surface area (Å²) in [4.78, 5) is 39.1. The minimum atomic E-state index is -0.996. The first kappa shape index (κ1) is 22.9. The highest BCUT2D eigenvalue weighted by molar-refractivity contribution is 5.79. The van der Waals surface area contributed by atoms with Crippen LogP contribution in [-0.4, -0.2) is 57.4 Å². The van der Waals surface area contributed by atoms with Crippen molar-refractivity contribution < 1.29 is 39.6 Å². The number of nitrogens with two attached hydrogens (primary N) is 2. The van der Waals surface area contributed by atoms with Crippen LogP contribution >= 0.6 is 0 Å². The number of carbonyl (C=O) groups is 4. The smallest absolute Gasteiger partial charge is 0.303 e. The zero-order chi connectivity index (χ0) is 16.6. The van der Waals surface area contributed by atoms with Crippen molar-refractivity contribution in [3.63, 3.8) is 0 Å². The van der Waals surface area contributed by atoms with Gasteiger partial charge in [-0.3, -0.25) is 19.2 Å². The molecule has 0 aromatic carbocycles. The second kappa shape index (κ2) is 16.8. The van der Waals surface area contributed by atoms with E-state index in [4.69, 9.17) is 20.4 Å². The van der Waals surface area contributed by atoms with Crippen molar-refractivity contribution in [2.24, 2.45) is 11.5 Å². The van der Waals surface area contributed by atoms with Crippen LogP contribution in [0, 0.1) is 0 Å². The summed E-state index contributed by atoms with van der Waals surface area (Å²) in [5.74, 6) is -3.15. The number of amides is 2. The third kappa shape index (κ3) is 44.7. The Hall–Kier alpha value is -2.20. The Morgan fingerprint density at radius 2 is 0.900 bits per heavy atom. The molecule has 0 aliphatic heterocycles. The monoisotopic (exact) mass is 296 g/mol. The lowest BCUT2D eigenvalue weighted by atomic mass is 10.3. The maximum absolute atomic E-state index is 9.86. The van der Waals surface area contributed by atoms with Gasteiger partial charge in [0.05, 0.1) is 26.1 Å². The van der Waals surface area contributed by atoms with E-state index in [0.29, 0.717) is 0 Å². The van der Waals surface area contributed by atoms with Gasteiger partial charge in [0.2, 0.25) is 11.8 Å². The van der Waals surface area contributed by atoms with Crippen molar-refractivity contribution in [2.75, 3.05) is 13.2 Å². The first-order valence-corrected chi connectivity index (χ1v) is 5.39. The van der Waals surface area contributed by atoms with Gasteiger partial charge in [-0.15, -0.1) is 0 Å². The molecular formula is C10H20N2O8. The molecule has 20 heavy (non-hydrogen) atoms. The SMILES string of the molecule is NC(=O)CCC(=O)O.NC(=O)CCC(=O)O.OCCO. The normalized spacial score (nSPS) is 8.30. The average Bonchev–Trinajstić information content (AvgIpc) is 2.35. The first-order chi connectivity index (χ1) is 9.17. The van der Waals surface area contributed by atoms with Crippen LogP contribution in [0.25, 0.3) is 0 Å². The van der Waals surface area contributed by atoms with Crippen LogP contribution < -0.4 is 11.5 Å². The predicted octanol–water partition coefficient (Wildman–Crippen LogP) is -2.36. The number of carboxylic acid groups (broad SMARTS) is 2. The summed E-state index contributed by atoms with van der Waals surface area (Å²) in [6.07, 6.45) is -0.491. The fourth-order valence-electron chi connectivity index (χ4n) is 0.460. The summed E-state index contributed by atoms with van der Waals surface area (Å²) in [7, 11) is 0. The van der Waals surface area contributed by atoms with Gasteiger partial charge in [0.15, 0.2) is 0 Å². The minimum Gasteiger partial charge on any atom is -0.481 e. The second-order valence-electron chi connectivity index (χ2n) is 3.17. The van der Waals surface area contributed by atoms with Gasteiger partial charge in [-0.25, -0.2) is 0 Å². The number of carboxylic acids is 2. The third-order valence-electron chi connectivity index (χ3n) is 1.27. The van der Waals surface area contributed by atoms with Crippen molar-refractivity contribution in [3.05, 3.63) is 0 Å². The van der Waals surface area contributed by atoms with Gasteiger partial charge < -0.3 is 31.9 Å². The molecule has 0 aliphatic rings. The van der Waals surface area contributed by atoms with Crippen LogP contribution in [-0.2, 0) is 19.2 Å². The molecule has 0 saturated carbocycles. The Bertz CT molecular complexity index is 248. The van der Waals surface area contributed by atoms with Gasteiger partial charge in [0.25, 0.3) is 0 Å². The van der Waals surface area contributed by atoms with Crippen LogP contribution in [0.5, 0.6) is 0 Å². The fourth-order valence-corrected chi connectivity index (χ4v) is 0.460. The van der Waals surface area contributed by atoms with Crippen molar-refractivity contribution in [2.45, 2.75) is 25.7 Å².